The highest BCUT2D eigenvalue weighted by Gasteiger charge is 2.02. The summed E-state index contributed by atoms with van der Waals surface area (Å²) in [5.41, 5.74) is 2.13. The Hall–Kier alpha value is -1.24. The fraction of sp³-hybridized carbons (Fsp3) is 0.500. The second kappa shape index (κ2) is 6.63. The summed E-state index contributed by atoms with van der Waals surface area (Å²) < 4.78 is 7.03. The molecule has 2 heterocycles. The number of thiazole rings is 1. The zero-order valence-electron chi connectivity index (χ0n) is 10.7. The van der Waals surface area contributed by atoms with Gasteiger partial charge in [0.25, 0.3) is 0 Å². The summed E-state index contributed by atoms with van der Waals surface area (Å²) in [6, 6.07) is 0. The van der Waals surface area contributed by atoms with Crippen LogP contribution < -0.4 is 5.32 Å². The van der Waals surface area contributed by atoms with Crippen molar-refractivity contribution in [1.29, 1.82) is 0 Å². The Balaban J connectivity index is 1.82. The van der Waals surface area contributed by atoms with Crippen molar-refractivity contribution < 1.29 is 4.74 Å². The van der Waals surface area contributed by atoms with E-state index in [0.29, 0.717) is 0 Å². The van der Waals surface area contributed by atoms with Crippen molar-refractivity contribution in [1.82, 2.24) is 19.9 Å². The molecule has 0 aliphatic heterocycles. The molecule has 2 rings (SSSR count). The lowest BCUT2D eigenvalue weighted by atomic mass is 10.4. The molecule has 2 aromatic heterocycles. The Morgan fingerprint density at radius 3 is 3.06 bits per heavy atom. The third-order valence-corrected chi connectivity index (χ3v) is 3.31. The first-order valence-corrected chi connectivity index (χ1v) is 6.77. The maximum atomic E-state index is 4.97. The molecule has 1 N–H and O–H groups in total. The molecule has 2 aromatic rings. The van der Waals surface area contributed by atoms with Gasteiger partial charge in [-0.05, 0) is 6.92 Å². The maximum Gasteiger partial charge on any atom is 0.0953 e. The Labute approximate surface area is 111 Å². The number of ether oxygens (including phenoxy) is 1. The van der Waals surface area contributed by atoms with E-state index in [0.717, 1.165) is 42.6 Å². The van der Waals surface area contributed by atoms with Gasteiger partial charge in [-0.25, -0.2) is 9.97 Å². The molecule has 0 saturated heterocycles. The molecule has 0 aliphatic rings. The van der Waals surface area contributed by atoms with Gasteiger partial charge in [0.1, 0.15) is 0 Å². The second-order valence-corrected chi connectivity index (χ2v) is 5.13. The average Bonchev–Trinajstić information content (AvgIpc) is 2.95. The highest BCUT2D eigenvalue weighted by Crippen LogP contribution is 2.09. The molecule has 0 bridgehead atoms. The summed E-state index contributed by atoms with van der Waals surface area (Å²) in [5, 5.41) is 6.46. The van der Waals surface area contributed by atoms with E-state index < -0.39 is 0 Å². The number of nitrogens with one attached hydrogen (secondary N) is 1. The lowest BCUT2D eigenvalue weighted by Gasteiger charge is -2.00. The fourth-order valence-electron chi connectivity index (χ4n) is 1.64. The van der Waals surface area contributed by atoms with E-state index in [9.17, 15) is 0 Å². The minimum atomic E-state index is 0.721. The van der Waals surface area contributed by atoms with Gasteiger partial charge < -0.3 is 14.6 Å². The molecule has 98 valence electrons. The summed E-state index contributed by atoms with van der Waals surface area (Å²) >= 11 is 1.68. The quantitative estimate of drug-likeness (QED) is 0.770. The molecule has 0 spiro atoms. The molecule has 0 aromatic carbocycles. The summed E-state index contributed by atoms with van der Waals surface area (Å²) in [4.78, 5) is 8.79. The Bertz CT molecular complexity index is 480. The number of imidazole rings is 1. The minimum absolute atomic E-state index is 0.721. The van der Waals surface area contributed by atoms with Gasteiger partial charge in [0.2, 0.25) is 0 Å². The molecule has 0 unspecified atom stereocenters. The van der Waals surface area contributed by atoms with Crippen molar-refractivity contribution in [2.45, 2.75) is 20.0 Å². The van der Waals surface area contributed by atoms with Gasteiger partial charge >= 0.3 is 0 Å². The van der Waals surface area contributed by atoms with Crippen LogP contribution in [0.5, 0.6) is 0 Å². The number of aryl methyl sites for hydroxylation is 1. The smallest absolute Gasteiger partial charge is 0.0953 e. The van der Waals surface area contributed by atoms with E-state index in [1.165, 1.54) is 0 Å². The highest BCUT2D eigenvalue weighted by atomic mass is 32.1. The van der Waals surface area contributed by atoms with Crippen LogP contribution in [0.1, 0.15) is 16.4 Å². The molecular formula is C12H18N4OS. The molecule has 18 heavy (non-hydrogen) atoms. The van der Waals surface area contributed by atoms with Gasteiger partial charge in [-0.1, -0.05) is 0 Å². The number of methoxy groups -OCH3 is 1. The summed E-state index contributed by atoms with van der Waals surface area (Å²) in [7, 11) is 1.70. The molecule has 0 aliphatic carbocycles. The lowest BCUT2D eigenvalue weighted by molar-refractivity contribution is 0.199. The van der Waals surface area contributed by atoms with Gasteiger partial charge in [-0.15, -0.1) is 11.3 Å². The van der Waals surface area contributed by atoms with Crippen LogP contribution in [0.25, 0.3) is 0 Å². The Kier molecular flexibility index (Phi) is 4.86. The van der Waals surface area contributed by atoms with Crippen LogP contribution in [0.4, 0.5) is 0 Å². The van der Waals surface area contributed by atoms with Crippen LogP contribution in [-0.2, 0) is 17.8 Å². The molecule has 0 fully saturated rings. The molecule has 0 amide bonds. The zero-order valence-corrected chi connectivity index (χ0v) is 11.5. The zero-order chi connectivity index (χ0) is 12.8. The third kappa shape index (κ3) is 3.90. The molecular weight excluding hydrogens is 248 g/mol. The summed E-state index contributed by atoms with van der Waals surface area (Å²) in [5.74, 6) is 0. The van der Waals surface area contributed by atoms with Gasteiger partial charge in [-0.3, -0.25) is 0 Å². The molecule has 0 saturated carbocycles. The first-order valence-electron chi connectivity index (χ1n) is 5.89. The van der Waals surface area contributed by atoms with Crippen LogP contribution in [0.15, 0.2) is 17.9 Å². The van der Waals surface area contributed by atoms with E-state index in [2.05, 4.69) is 31.4 Å². The average molecular weight is 266 g/mol. The largest absolute Gasteiger partial charge is 0.383 e. The van der Waals surface area contributed by atoms with E-state index in [4.69, 9.17) is 4.74 Å². The minimum Gasteiger partial charge on any atom is -0.383 e. The normalized spacial score (nSPS) is 11.0. The number of aromatic nitrogens is 3. The topological polar surface area (TPSA) is 52.0 Å². The lowest BCUT2D eigenvalue weighted by Crippen LogP contribution is -2.18. The third-order valence-electron chi connectivity index (χ3n) is 2.49. The van der Waals surface area contributed by atoms with Crippen molar-refractivity contribution in [3.8, 4) is 0 Å². The number of rotatable bonds is 7. The van der Waals surface area contributed by atoms with Gasteiger partial charge in [0.15, 0.2) is 0 Å². The number of hydrogen-bond donors (Lipinski definition) is 1. The van der Waals surface area contributed by atoms with Crippen LogP contribution in [0.3, 0.4) is 0 Å². The van der Waals surface area contributed by atoms with Gasteiger partial charge in [0.05, 0.1) is 35.9 Å². The van der Waals surface area contributed by atoms with E-state index in [1.807, 2.05) is 13.3 Å². The molecule has 0 atom stereocenters. The molecule has 0 radical (unpaired) electrons. The van der Waals surface area contributed by atoms with E-state index in [1.54, 1.807) is 18.4 Å². The van der Waals surface area contributed by atoms with Crippen LogP contribution in [-0.4, -0.2) is 34.8 Å². The van der Waals surface area contributed by atoms with Crippen LogP contribution >= 0.6 is 11.3 Å². The van der Waals surface area contributed by atoms with Crippen molar-refractivity contribution >= 4 is 11.3 Å². The first-order chi connectivity index (χ1) is 8.78. The van der Waals surface area contributed by atoms with E-state index >= 15 is 0 Å². The highest BCUT2D eigenvalue weighted by molar-refractivity contribution is 7.09. The van der Waals surface area contributed by atoms with Crippen LogP contribution in [0, 0.1) is 6.92 Å². The summed E-state index contributed by atoms with van der Waals surface area (Å²) in [6.45, 7) is 5.14. The van der Waals surface area contributed by atoms with Crippen molar-refractivity contribution in [2.24, 2.45) is 0 Å². The Morgan fingerprint density at radius 1 is 1.44 bits per heavy atom. The van der Waals surface area contributed by atoms with E-state index in [-0.39, 0.29) is 0 Å². The first kappa shape index (κ1) is 13.2. The Morgan fingerprint density at radius 2 is 2.33 bits per heavy atom. The predicted molar refractivity (Wildman–Crippen MR) is 71.8 cm³/mol. The van der Waals surface area contributed by atoms with Gasteiger partial charge in [-0.2, -0.15) is 0 Å². The number of nitrogens with zero attached hydrogens (tertiary/aromatic N) is 3. The number of hydrogen-bond acceptors (Lipinski definition) is 5. The summed E-state index contributed by atoms with van der Waals surface area (Å²) in [6.07, 6.45) is 3.90. The predicted octanol–water partition coefficient (Wildman–Crippen LogP) is 1.43. The second-order valence-electron chi connectivity index (χ2n) is 4.06. The van der Waals surface area contributed by atoms with Crippen molar-refractivity contribution in [3.63, 3.8) is 0 Å². The monoisotopic (exact) mass is 266 g/mol. The maximum absolute atomic E-state index is 4.97. The van der Waals surface area contributed by atoms with Crippen molar-refractivity contribution in [3.05, 3.63) is 34.3 Å². The molecule has 6 heteroatoms. The van der Waals surface area contributed by atoms with Gasteiger partial charge in [0, 0.05) is 31.8 Å². The fourth-order valence-corrected chi connectivity index (χ4v) is 2.25. The van der Waals surface area contributed by atoms with Crippen LogP contribution in [0.2, 0.25) is 0 Å². The SMILES string of the molecule is COCCNCc1cn(Cc2csc(C)n2)cn1. The van der Waals surface area contributed by atoms with Crippen molar-refractivity contribution in [2.75, 3.05) is 20.3 Å². The molecule has 5 nitrogen and oxygen atoms in total. The standard InChI is InChI=1S/C12H18N4OS/c1-10-15-12(8-18-10)7-16-6-11(14-9-16)5-13-3-4-17-2/h6,8-9,13H,3-5,7H2,1-2H3.